The third kappa shape index (κ3) is 6.06. The van der Waals surface area contributed by atoms with E-state index >= 15 is 0 Å². The second-order valence-electron chi connectivity index (χ2n) is 9.21. The van der Waals surface area contributed by atoms with Crippen LogP contribution in [0.15, 0.2) is 30.3 Å². The maximum atomic E-state index is 13.1. The number of anilines is 3. The van der Waals surface area contributed by atoms with Gasteiger partial charge in [0.1, 0.15) is 17.5 Å². The number of hydrogen-bond donors (Lipinski definition) is 2. The predicted molar refractivity (Wildman–Crippen MR) is 133 cm³/mol. The highest BCUT2D eigenvalue weighted by Gasteiger charge is 2.22. The summed E-state index contributed by atoms with van der Waals surface area (Å²) in [7, 11) is 0. The Balaban J connectivity index is 1.48. The van der Waals surface area contributed by atoms with E-state index in [9.17, 15) is 4.39 Å². The third-order valence-electron chi connectivity index (χ3n) is 6.38. The summed E-state index contributed by atoms with van der Waals surface area (Å²) in [5, 5.41) is 6.80. The predicted octanol–water partition coefficient (Wildman–Crippen LogP) is 4.57. The van der Waals surface area contributed by atoms with Crippen molar-refractivity contribution in [2.75, 3.05) is 41.3 Å². The molecule has 2 N–H and O–H groups in total. The minimum Gasteiger partial charge on any atom is -0.358 e. The molecular formula is C24H33FN6S. The number of nitrogens with one attached hydrogen (secondary N) is 2. The van der Waals surface area contributed by atoms with Crippen molar-refractivity contribution < 1.29 is 4.39 Å². The standard InChI is InChI=1S/C24H33FN6S/c1-17-9-12-30(13-10-17)21-14-22(31-11-3-4-18(2)16-31)28-23(27-21)29-24(32)26-15-19-5-7-20(25)8-6-19/h5-8,14,17-18H,3-4,9-13,15-16H2,1-2H3,(H2,26,27,28,29,32). The summed E-state index contributed by atoms with van der Waals surface area (Å²) < 4.78 is 13.1. The molecule has 0 amide bonds. The van der Waals surface area contributed by atoms with Crippen molar-refractivity contribution in [3.05, 3.63) is 41.7 Å². The zero-order valence-corrected chi connectivity index (χ0v) is 19.8. The number of benzene rings is 1. The van der Waals surface area contributed by atoms with Gasteiger partial charge in [0.15, 0.2) is 5.11 Å². The maximum absolute atomic E-state index is 13.1. The first kappa shape index (κ1) is 22.7. The van der Waals surface area contributed by atoms with Crippen molar-refractivity contribution in [1.82, 2.24) is 15.3 Å². The average Bonchev–Trinajstić information content (AvgIpc) is 2.79. The molecule has 2 aliphatic heterocycles. The lowest BCUT2D eigenvalue weighted by molar-refractivity contribution is 0.435. The molecule has 4 rings (SSSR count). The van der Waals surface area contributed by atoms with Crippen molar-refractivity contribution in [3.63, 3.8) is 0 Å². The number of thiocarbonyl (C=S) groups is 1. The molecule has 2 aliphatic rings. The smallest absolute Gasteiger partial charge is 0.232 e. The molecule has 1 atom stereocenters. The Hall–Kier alpha value is -2.48. The Kier molecular flexibility index (Phi) is 7.40. The lowest BCUT2D eigenvalue weighted by atomic mass is 9.99. The fourth-order valence-electron chi connectivity index (χ4n) is 4.37. The van der Waals surface area contributed by atoms with Gasteiger partial charge in [-0.05, 0) is 67.4 Å². The van der Waals surface area contributed by atoms with Crippen LogP contribution in [-0.4, -0.2) is 41.3 Å². The quantitative estimate of drug-likeness (QED) is 0.639. The molecular weight excluding hydrogens is 423 g/mol. The first-order valence-electron chi connectivity index (χ1n) is 11.6. The molecule has 2 fully saturated rings. The summed E-state index contributed by atoms with van der Waals surface area (Å²) in [5.74, 6) is 3.62. The molecule has 0 saturated carbocycles. The molecule has 6 nitrogen and oxygen atoms in total. The van der Waals surface area contributed by atoms with E-state index in [-0.39, 0.29) is 5.82 Å². The number of halogens is 1. The molecule has 3 heterocycles. The molecule has 2 aromatic rings. The summed E-state index contributed by atoms with van der Waals surface area (Å²) in [6.45, 7) is 9.18. The summed E-state index contributed by atoms with van der Waals surface area (Å²) in [5.41, 5.74) is 0.954. The summed E-state index contributed by atoms with van der Waals surface area (Å²) >= 11 is 5.49. The van der Waals surface area contributed by atoms with Crippen LogP contribution in [-0.2, 0) is 6.54 Å². The Morgan fingerprint density at radius 2 is 1.69 bits per heavy atom. The lowest BCUT2D eigenvalue weighted by Crippen LogP contribution is -2.37. The van der Waals surface area contributed by atoms with E-state index < -0.39 is 0 Å². The van der Waals surface area contributed by atoms with Crippen molar-refractivity contribution in [2.45, 2.75) is 46.1 Å². The van der Waals surface area contributed by atoms with Gasteiger partial charge in [-0.3, -0.25) is 0 Å². The highest BCUT2D eigenvalue weighted by molar-refractivity contribution is 7.80. The van der Waals surface area contributed by atoms with Crippen LogP contribution in [0, 0.1) is 17.7 Å². The number of rotatable bonds is 5. The third-order valence-corrected chi connectivity index (χ3v) is 6.63. The molecule has 0 bridgehead atoms. The first-order valence-corrected chi connectivity index (χ1v) is 12.1. The highest BCUT2D eigenvalue weighted by Crippen LogP contribution is 2.28. The van der Waals surface area contributed by atoms with Crippen molar-refractivity contribution in [3.8, 4) is 0 Å². The van der Waals surface area contributed by atoms with E-state index in [1.807, 2.05) is 0 Å². The Labute approximate surface area is 195 Å². The van der Waals surface area contributed by atoms with E-state index in [1.54, 1.807) is 12.1 Å². The van der Waals surface area contributed by atoms with E-state index in [1.165, 1.54) is 37.8 Å². The van der Waals surface area contributed by atoms with Gasteiger partial charge in [-0.1, -0.05) is 26.0 Å². The summed E-state index contributed by atoms with van der Waals surface area (Å²) in [4.78, 5) is 14.3. The zero-order valence-electron chi connectivity index (χ0n) is 19.0. The van der Waals surface area contributed by atoms with E-state index in [0.717, 1.165) is 49.3 Å². The van der Waals surface area contributed by atoms with Crippen LogP contribution in [0.3, 0.4) is 0 Å². The minimum atomic E-state index is -0.244. The van der Waals surface area contributed by atoms with Gasteiger partial charge in [-0.25, -0.2) is 4.39 Å². The van der Waals surface area contributed by atoms with Crippen LogP contribution in [0.1, 0.15) is 45.1 Å². The van der Waals surface area contributed by atoms with Crippen LogP contribution < -0.4 is 20.4 Å². The monoisotopic (exact) mass is 456 g/mol. The number of piperidine rings is 2. The molecule has 1 aromatic heterocycles. The molecule has 8 heteroatoms. The maximum Gasteiger partial charge on any atom is 0.232 e. The van der Waals surface area contributed by atoms with Gasteiger partial charge in [0, 0.05) is 38.8 Å². The van der Waals surface area contributed by atoms with Crippen molar-refractivity contribution in [2.24, 2.45) is 11.8 Å². The Morgan fingerprint density at radius 1 is 1.00 bits per heavy atom. The van der Waals surface area contributed by atoms with Crippen molar-refractivity contribution >= 4 is 34.9 Å². The number of hydrogen-bond acceptors (Lipinski definition) is 5. The normalized spacial score (nSPS) is 19.7. The molecule has 32 heavy (non-hydrogen) atoms. The van der Waals surface area contributed by atoms with Gasteiger partial charge in [-0.15, -0.1) is 0 Å². The number of nitrogens with zero attached hydrogens (tertiary/aromatic N) is 4. The van der Waals surface area contributed by atoms with Crippen LogP contribution in [0.4, 0.5) is 22.0 Å². The van der Waals surface area contributed by atoms with Crippen molar-refractivity contribution in [1.29, 1.82) is 0 Å². The lowest BCUT2D eigenvalue weighted by Gasteiger charge is -2.34. The molecule has 0 aliphatic carbocycles. The minimum absolute atomic E-state index is 0.244. The molecule has 1 aromatic carbocycles. The SMILES string of the molecule is CC1CCN(c2cc(N3CCCC(C)C3)nc(NC(=S)NCc3ccc(F)cc3)n2)CC1. The summed E-state index contributed by atoms with van der Waals surface area (Å²) in [6.07, 6.45) is 4.81. The second-order valence-corrected chi connectivity index (χ2v) is 9.61. The molecule has 0 spiro atoms. The Bertz CT molecular complexity index is 913. The second kappa shape index (κ2) is 10.4. The average molecular weight is 457 g/mol. The largest absolute Gasteiger partial charge is 0.358 e. The van der Waals surface area contributed by atoms with Crippen LogP contribution in [0.25, 0.3) is 0 Å². The molecule has 2 saturated heterocycles. The summed E-state index contributed by atoms with van der Waals surface area (Å²) in [6, 6.07) is 8.52. The van der Waals surface area contributed by atoms with Gasteiger partial charge >= 0.3 is 0 Å². The van der Waals surface area contributed by atoms with Gasteiger partial charge < -0.3 is 20.4 Å². The highest BCUT2D eigenvalue weighted by atomic mass is 32.1. The topological polar surface area (TPSA) is 56.3 Å². The molecule has 172 valence electrons. The van der Waals surface area contributed by atoms with Gasteiger partial charge in [0.2, 0.25) is 5.95 Å². The van der Waals surface area contributed by atoms with Crippen LogP contribution in [0.5, 0.6) is 0 Å². The molecule has 1 unspecified atom stereocenters. The molecule has 0 radical (unpaired) electrons. The fourth-order valence-corrected chi connectivity index (χ4v) is 4.53. The zero-order chi connectivity index (χ0) is 22.5. The number of aromatic nitrogens is 2. The van der Waals surface area contributed by atoms with Gasteiger partial charge in [0.25, 0.3) is 0 Å². The van der Waals surface area contributed by atoms with E-state index in [4.69, 9.17) is 22.2 Å². The van der Waals surface area contributed by atoms with Crippen LogP contribution >= 0.6 is 12.2 Å². The van der Waals surface area contributed by atoms with E-state index in [0.29, 0.717) is 23.5 Å². The first-order chi connectivity index (χ1) is 15.5. The van der Waals surface area contributed by atoms with Gasteiger partial charge in [-0.2, -0.15) is 9.97 Å². The fraction of sp³-hybridized carbons (Fsp3) is 0.542. The van der Waals surface area contributed by atoms with E-state index in [2.05, 4.69) is 40.3 Å². The van der Waals surface area contributed by atoms with Crippen LogP contribution in [0.2, 0.25) is 0 Å². The van der Waals surface area contributed by atoms with Gasteiger partial charge in [0.05, 0.1) is 0 Å². The Morgan fingerprint density at radius 3 is 2.38 bits per heavy atom.